The average molecular weight is 377 g/mol. The van der Waals surface area contributed by atoms with E-state index in [9.17, 15) is 14.4 Å². The molecule has 6 heteroatoms. The fourth-order valence-electron chi connectivity index (χ4n) is 3.23. The van der Waals surface area contributed by atoms with Crippen LogP contribution < -0.4 is 11.1 Å². The number of carbonyl (C=O) groups is 3. The third-order valence-corrected chi connectivity index (χ3v) is 4.83. The Morgan fingerprint density at radius 3 is 2.29 bits per heavy atom. The highest BCUT2D eigenvalue weighted by atomic mass is 16.2. The van der Waals surface area contributed by atoms with Gasteiger partial charge in [-0.2, -0.15) is 0 Å². The van der Waals surface area contributed by atoms with Crippen LogP contribution in [0.25, 0.3) is 6.08 Å². The molecule has 28 heavy (non-hydrogen) atoms. The van der Waals surface area contributed by atoms with Crippen molar-refractivity contribution in [2.75, 3.05) is 18.4 Å². The summed E-state index contributed by atoms with van der Waals surface area (Å²) in [6, 6.07) is 16.4. The minimum absolute atomic E-state index is 0.161. The SMILES string of the molecule is NC(=O)C1CCN(C(=O)c2ccccc2NC(=O)/C=C/c2ccccc2)CC1. The van der Waals surface area contributed by atoms with E-state index < -0.39 is 0 Å². The smallest absolute Gasteiger partial charge is 0.255 e. The number of hydrogen-bond acceptors (Lipinski definition) is 3. The summed E-state index contributed by atoms with van der Waals surface area (Å²) in [6.07, 6.45) is 4.29. The van der Waals surface area contributed by atoms with Crippen LogP contribution in [0, 0.1) is 5.92 Å². The van der Waals surface area contributed by atoms with Crippen molar-refractivity contribution >= 4 is 29.5 Å². The fourth-order valence-corrected chi connectivity index (χ4v) is 3.23. The molecule has 0 aliphatic carbocycles. The van der Waals surface area contributed by atoms with Crippen LogP contribution in [0.4, 0.5) is 5.69 Å². The minimum atomic E-state index is -0.315. The molecular weight excluding hydrogens is 354 g/mol. The van der Waals surface area contributed by atoms with Gasteiger partial charge in [0.15, 0.2) is 0 Å². The number of anilines is 1. The highest BCUT2D eigenvalue weighted by molar-refractivity contribution is 6.07. The molecule has 2 aromatic rings. The maximum Gasteiger partial charge on any atom is 0.255 e. The number of amides is 3. The molecule has 1 fully saturated rings. The van der Waals surface area contributed by atoms with Crippen LogP contribution in [0.1, 0.15) is 28.8 Å². The van der Waals surface area contributed by atoms with Gasteiger partial charge in [0.2, 0.25) is 11.8 Å². The van der Waals surface area contributed by atoms with Crippen LogP contribution in [-0.2, 0) is 9.59 Å². The number of para-hydroxylation sites is 1. The predicted octanol–water partition coefficient (Wildman–Crippen LogP) is 2.68. The zero-order valence-electron chi connectivity index (χ0n) is 15.5. The van der Waals surface area contributed by atoms with Crippen LogP contribution in [0.3, 0.4) is 0 Å². The Hall–Kier alpha value is -3.41. The van der Waals surface area contributed by atoms with Gasteiger partial charge >= 0.3 is 0 Å². The first-order valence-electron chi connectivity index (χ1n) is 9.26. The third-order valence-electron chi connectivity index (χ3n) is 4.83. The molecule has 6 nitrogen and oxygen atoms in total. The van der Waals surface area contributed by atoms with E-state index in [1.165, 1.54) is 6.08 Å². The molecule has 1 aliphatic heterocycles. The molecule has 144 valence electrons. The molecular formula is C22H23N3O3. The third kappa shape index (κ3) is 4.85. The molecule has 3 N–H and O–H groups in total. The standard InChI is InChI=1S/C22H23N3O3/c23-21(27)17-12-14-25(15-13-17)22(28)18-8-4-5-9-19(18)24-20(26)11-10-16-6-2-1-3-7-16/h1-11,17H,12-15H2,(H2,23,27)(H,24,26)/b11-10+. The lowest BCUT2D eigenvalue weighted by molar-refractivity contribution is -0.123. The van der Waals surface area contributed by atoms with Crippen molar-refractivity contribution < 1.29 is 14.4 Å². The summed E-state index contributed by atoms with van der Waals surface area (Å²) in [7, 11) is 0. The Labute approximate surface area is 164 Å². The summed E-state index contributed by atoms with van der Waals surface area (Å²) in [5, 5.41) is 2.78. The normalized spacial score (nSPS) is 14.8. The second kappa shape index (κ2) is 8.99. The van der Waals surface area contributed by atoms with E-state index in [2.05, 4.69) is 5.32 Å². The van der Waals surface area contributed by atoms with Crippen molar-refractivity contribution in [3.63, 3.8) is 0 Å². The van der Waals surface area contributed by atoms with E-state index in [4.69, 9.17) is 5.73 Å². The number of nitrogens with zero attached hydrogens (tertiary/aromatic N) is 1. The van der Waals surface area contributed by atoms with Crippen molar-refractivity contribution in [2.45, 2.75) is 12.8 Å². The molecule has 3 amide bonds. The summed E-state index contributed by atoms with van der Waals surface area (Å²) in [5.41, 5.74) is 7.17. The number of piperidine rings is 1. The lowest BCUT2D eigenvalue weighted by Gasteiger charge is -2.31. The summed E-state index contributed by atoms with van der Waals surface area (Å²) in [4.78, 5) is 38.2. The average Bonchev–Trinajstić information content (AvgIpc) is 2.73. The first kappa shape index (κ1) is 19.4. The Balaban J connectivity index is 1.67. The van der Waals surface area contributed by atoms with Crippen molar-refractivity contribution in [1.82, 2.24) is 4.90 Å². The molecule has 1 saturated heterocycles. The number of carbonyl (C=O) groups excluding carboxylic acids is 3. The molecule has 0 radical (unpaired) electrons. The van der Waals surface area contributed by atoms with Gasteiger partial charge in [0.1, 0.15) is 0 Å². The second-order valence-corrected chi connectivity index (χ2v) is 6.75. The van der Waals surface area contributed by atoms with Gasteiger partial charge in [-0.1, -0.05) is 42.5 Å². The number of rotatable bonds is 5. The lowest BCUT2D eigenvalue weighted by Crippen LogP contribution is -2.42. The number of hydrogen-bond donors (Lipinski definition) is 2. The minimum Gasteiger partial charge on any atom is -0.369 e. The molecule has 0 saturated carbocycles. The van der Waals surface area contributed by atoms with Gasteiger partial charge in [-0.25, -0.2) is 0 Å². The monoisotopic (exact) mass is 377 g/mol. The summed E-state index contributed by atoms with van der Waals surface area (Å²) >= 11 is 0. The van der Waals surface area contributed by atoms with Crippen molar-refractivity contribution in [3.8, 4) is 0 Å². The molecule has 0 aromatic heterocycles. The maximum atomic E-state index is 12.9. The van der Waals surface area contributed by atoms with Crippen molar-refractivity contribution in [2.24, 2.45) is 11.7 Å². The van der Waals surface area contributed by atoms with E-state index >= 15 is 0 Å². The second-order valence-electron chi connectivity index (χ2n) is 6.75. The molecule has 0 unspecified atom stereocenters. The first-order chi connectivity index (χ1) is 13.5. The van der Waals surface area contributed by atoms with Crippen LogP contribution in [0.15, 0.2) is 60.7 Å². The lowest BCUT2D eigenvalue weighted by atomic mass is 9.95. The van der Waals surface area contributed by atoms with Crippen LogP contribution in [0.2, 0.25) is 0 Å². The van der Waals surface area contributed by atoms with Gasteiger partial charge in [-0.15, -0.1) is 0 Å². The number of benzene rings is 2. The van der Waals surface area contributed by atoms with Gasteiger partial charge in [0.05, 0.1) is 11.3 Å². The number of likely N-dealkylation sites (tertiary alicyclic amines) is 1. The molecule has 3 rings (SSSR count). The highest BCUT2D eigenvalue weighted by Crippen LogP contribution is 2.22. The zero-order chi connectivity index (χ0) is 19.9. The van der Waals surface area contributed by atoms with Gasteiger partial charge < -0.3 is 16.0 Å². The number of nitrogens with two attached hydrogens (primary N) is 1. The van der Waals surface area contributed by atoms with E-state index in [1.54, 1.807) is 35.2 Å². The number of primary amides is 1. The van der Waals surface area contributed by atoms with Gasteiger partial charge in [-0.3, -0.25) is 14.4 Å². The summed E-state index contributed by atoms with van der Waals surface area (Å²) < 4.78 is 0. The molecule has 1 aliphatic rings. The molecule has 2 aromatic carbocycles. The largest absolute Gasteiger partial charge is 0.369 e. The maximum absolute atomic E-state index is 12.9. The van der Waals surface area contributed by atoms with Gasteiger partial charge in [-0.05, 0) is 36.6 Å². The number of nitrogens with one attached hydrogen (secondary N) is 1. The van der Waals surface area contributed by atoms with E-state index in [0.717, 1.165) is 5.56 Å². The Morgan fingerprint density at radius 2 is 1.61 bits per heavy atom. The molecule has 0 bridgehead atoms. The summed E-state index contributed by atoms with van der Waals surface area (Å²) in [6.45, 7) is 0.950. The summed E-state index contributed by atoms with van der Waals surface area (Å²) in [5.74, 6) is -0.963. The van der Waals surface area contributed by atoms with Crippen LogP contribution in [0.5, 0.6) is 0 Å². The predicted molar refractivity (Wildman–Crippen MR) is 108 cm³/mol. The Morgan fingerprint density at radius 1 is 0.964 bits per heavy atom. The molecule has 0 spiro atoms. The van der Waals surface area contributed by atoms with Gasteiger partial charge in [0.25, 0.3) is 5.91 Å². The van der Waals surface area contributed by atoms with Crippen molar-refractivity contribution in [1.29, 1.82) is 0 Å². The Bertz CT molecular complexity index is 885. The Kier molecular flexibility index (Phi) is 6.22. The highest BCUT2D eigenvalue weighted by Gasteiger charge is 2.27. The van der Waals surface area contributed by atoms with E-state index in [-0.39, 0.29) is 23.6 Å². The fraction of sp³-hybridized carbons (Fsp3) is 0.227. The van der Waals surface area contributed by atoms with Crippen LogP contribution >= 0.6 is 0 Å². The van der Waals surface area contributed by atoms with E-state index in [0.29, 0.717) is 37.2 Å². The quantitative estimate of drug-likeness (QED) is 0.785. The topological polar surface area (TPSA) is 92.5 Å². The molecule has 1 heterocycles. The zero-order valence-corrected chi connectivity index (χ0v) is 15.5. The van der Waals surface area contributed by atoms with Crippen molar-refractivity contribution in [3.05, 3.63) is 71.8 Å². The van der Waals surface area contributed by atoms with Gasteiger partial charge in [0, 0.05) is 25.1 Å². The van der Waals surface area contributed by atoms with E-state index in [1.807, 2.05) is 30.3 Å². The molecule has 0 atom stereocenters. The van der Waals surface area contributed by atoms with Crippen LogP contribution in [-0.4, -0.2) is 35.7 Å². The first-order valence-corrected chi connectivity index (χ1v) is 9.26.